The fourth-order valence-corrected chi connectivity index (χ4v) is 1.13. The van der Waals surface area contributed by atoms with Gasteiger partial charge in [0.25, 0.3) is 5.69 Å². The van der Waals surface area contributed by atoms with Crippen molar-refractivity contribution in [3.05, 3.63) is 45.0 Å². The molecule has 0 spiro atoms. The molecule has 0 unspecified atom stereocenters. The summed E-state index contributed by atoms with van der Waals surface area (Å²) in [6.45, 7) is 0. The van der Waals surface area contributed by atoms with Crippen molar-refractivity contribution in [2.24, 2.45) is 0 Å². The van der Waals surface area contributed by atoms with Gasteiger partial charge in [0.05, 0.1) is 4.92 Å². The average molecular weight is 228 g/mol. The number of aliphatic carboxylic acids is 1. The summed E-state index contributed by atoms with van der Waals surface area (Å²) < 4.78 is 0. The first-order chi connectivity index (χ1) is 7.00. The summed E-state index contributed by atoms with van der Waals surface area (Å²) >= 11 is 5.57. The van der Waals surface area contributed by atoms with Crippen molar-refractivity contribution >= 4 is 29.3 Å². The number of carbonyl (C=O) groups is 1. The Kier molecular flexibility index (Phi) is 3.41. The highest BCUT2D eigenvalue weighted by atomic mass is 35.5. The van der Waals surface area contributed by atoms with Crippen molar-refractivity contribution < 1.29 is 14.8 Å². The molecule has 1 N–H and O–H groups in total. The van der Waals surface area contributed by atoms with E-state index < -0.39 is 10.9 Å². The number of carboxylic acids is 1. The minimum Gasteiger partial charge on any atom is -0.478 e. The summed E-state index contributed by atoms with van der Waals surface area (Å²) in [5, 5.41) is 18.9. The van der Waals surface area contributed by atoms with E-state index in [9.17, 15) is 14.9 Å². The van der Waals surface area contributed by atoms with Crippen LogP contribution in [0.3, 0.4) is 0 Å². The van der Waals surface area contributed by atoms with Gasteiger partial charge in [0.1, 0.15) is 5.02 Å². The molecule has 0 aliphatic rings. The van der Waals surface area contributed by atoms with Gasteiger partial charge in [-0.3, -0.25) is 10.1 Å². The number of hydrogen-bond acceptors (Lipinski definition) is 3. The van der Waals surface area contributed by atoms with Gasteiger partial charge in [0, 0.05) is 12.1 Å². The van der Waals surface area contributed by atoms with E-state index in [1.165, 1.54) is 24.3 Å². The smallest absolute Gasteiger partial charge is 0.328 e. The molecular weight excluding hydrogens is 222 g/mol. The third kappa shape index (κ3) is 3.07. The number of nitrogens with zero attached hydrogens (tertiary/aromatic N) is 1. The fraction of sp³-hybridized carbons (Fsp3) is 0. The molecule has 0 aromatic heterocycles. The Hall–Kier alpha value is -1.88. The van der Waals surface area contributed by atoms with Crippen LogP contribution in [0.2, 0.25) is 5.02 Å². The van der Waals surface area contributed by atoms with Gasteiger partial charge in [-0.05, 0) is 17.7 Å². The Bertz CT molecular complexity index is 442. The largest absolute Gasteiger partial charge is 0.478 e. The van der Waals surface area contributed by atoms with Crippen LogP contribution in [0.4, 0.5) is 5.69 Å². The Labute approximate surface area is 89.7 Å². The normalized spacial score (nSPS) is 10.5. The van der Waals surface area contributed by atoms with Crippen molar-refractivity contribution in [3.63, 3.8) is 0 Å². The topological polar surface area (TPSA) is 80.4 Å². The quantitative estimate of drug-likeness (QED) is 0.488. The number of rotatable bonds is 3. The number of halogens is 1. The van der Waals surface area contributed by atoms with Gasteiger partial charge in [-0.15, -0.1) is 0 Å². The molecule has 0 bridgehead atoms. The highest BCUT2D eigenvalue weighted by molar-refractivity contribution is 6.32. The molecule has 0 aliphatic carbocycles. The minimum absolute atomic E-state index is 0.0208. The van der Waals surface area contributed by atoms with E-state index >= 15 is 0 Å². The minimum atomic E-state index is -1.12. The van der Waals surface area contributed by atoms with E-state index in [0.717, 1.165) is 6.08 Å². The van der Waals surface area contributed by atoms with Crippen molar-refractivity contribution in [1.82, 2.24) is 0 Å². The van der Waals surface area contributed by atoms with Crippen LogP contribution in [0.1, 0.15) is 5.56 Å². The van der Waals surface area contributed by atoms with E-state index in [0.29, 0.717) is 5.56 Å². The van der Waals surface area contributed by atoms with Gasteiger partial charge in [-0.25, -0.2) is 4.79 Å². The van der Waals surface area contributed by atoms with Crippen molar-refractivity contribution in [2.45, 2.75) is 0 Å². The Morgan fingerprint density at radius 1 is 1.53 bits per heavy atom. The molecule has 0 atom stereocenters. The lowest BCUT2D eigenvalue weighted by Crippen LogP contribution is -1.90. The molecule has 0 aliphatic heterocycles. The van der Waals surface area contributed by atoms with Crippen molar-refractivity contribution in [2.75, 3.05) is 0 Å². The third-order valence-corrected chi connectivity index (χ3v) is 1.90. The summed E-state index contributed by atoms with van der Waals surface area (Å²) in [5.74, 6) is -1.12. The number of nitro benzene ring substituents is 1. The SMILES string of the molecule is O=C(O)/C=C/c1ccc(Cl)c([N+](=O)[O-])c1. The van der Waals surface area contributed by atoms with Crippen LogP contribution in [0, 0.1) is 10.1 Å². The molecule has 15 heavy (non-hydrogen) atoms. The van der Waals surface area contributed by atoms with Crippen LogP contribution >= 0.6 is 11.6 Å². The van der Waals surface area contributed by atoms with Gasteiger partial charge in [0.2, 0.25) is 0 Å². The third-order valence-electron chi connectivity index (χ3n) is 1.59. The zero-order valence-corrected chi connectivity index (χ0v) is 8.14. The lowest BCUT2D eigenvalue weighted by molar-refractivity contribution is -0.384. The van der Waals surface area contributed by atoms with Crippen LogP contribution < -0.4 is 0 Å². The number of carboxylic acid groups (broad SMARTS) is 1. The van der Waals surface area contributed by atoms with Gasteiger partial charge in [-0.1, -0.05) is 17.7 Å². The number of nitro groups is 1. The molecule has 5 nitrogen and oxygen atoms in total. The maximum absolute atomic E-state index is 10.5. The van der Waals surface area contributed by atoms with Gasteiger partial charge in [-0.2, -0.15) is 0 Å². The maximum Gasteiger partial charge on any atom is 0.328 e. The number of hydrogen-bond donors (Lipinski definition) is 1. The zero-order chi connectivity index (χ0) is 11.4. The predicted octanol–water partition coefficient (Wildman–Crippen LogP) is 2.35. The molecule has 78 valence electrons. The lowest BCUT2D eigenvalue weighted by Gasteiger charge is -1.96. The van der Waals surface area contributed by atoms with Crippen molar-refractivity contribution in [3.8, 4) is 0 Å². The molecule has 1 aromatic rings. The second kappa shape index (κ2) is 4.56. The van der Waals surface area contributed by atoms with Crippen LogP contribution in [0.25, 0.3) is 6.08 Å². The Morgan fingerprint density at radius 2 is 2.20 bits per heavy atom. The van der Waals surface area contributed by atoms with E-state index in [4.69, 9.17) is 16.7 Å². The molecule has 6 heteroatoms. The monoisotopic (exact) mass is 227 g/mol. The summed E-state index contributed by atoms with van der Waals surface area (Å²) in [6.07, 6.45) is 2.15. The predicted molar refractivity (Wildman–Crippen MR) is 54.8 cm³/mol. The molecule has 0 saturated heterocycles. The molecule has 0 fully saturated rings. The van der Waals surface area contributed by atoms with Crippen LogP contribution in [0.15, 0.2) is 24.3 Å². The number of benzene rings is 1. The summed E-state index contributed by atoms with van der Waals surface area (Å²) in [4.78, 5) is 20.1. The van der Waals surface area contributed by atoms with Crippen LogP contribution in [-0.4, -0.2) is 16.0 Å². The highest BCUT2D eigenvalue weighted by Crippen LogP contribution is 2.25. The first-order valence-corrected chi connectivity index (χ1v) is 4.23. The zero-order valence-electron chi connectivity index (χ0n) is 7.38. The molecule has 1 rings (SSSR count). The fourth-order valence-electron chi connectivity index (χ4n) is 0.941. The molecular formula is C9H6ClNO4. The first-order valence-electron chi connectivity index (χ1n) is 3.85. The summed E-state index contributed by atoms with van der Waals surface area (Å²) in [6, 6.07) is 4.05. The lowest BCUT2D eigenvalue weighted by atomic mass is 10.2. The van der Waals surface area contributed by atoms with E-state index in [-0.39, 0.29) is 10.7 Å². The summed E-state index contributed by atoms with van der Waals surface area (Å²) in [5.41, 5.74) is 0.165. The Balaban J connectivity index is 3.08. The van der Waals surface area contributed by atoms with E-state index in [2.05, 4.69) is 0 Å². The molecule has 1 aromatic carbocycles. The van der Waals surface area contributed by atoms with Crippen LogP contribution in [-0.2, 0) is 4.79 Å². The maximum atomic E-state index is 10.5. The first kappa shape index (κ1) is 11.2. The Morgan fingerprint density at radius 3 is 2.73 bits per heavy atom. The van der Waals surface area contributed by atoms with E-state index in [1.54, 1.807) is 0 Å². The van der Waals surface area contributed by atoms with E-state index in [1.807, 2.05) is 0 Å². The van der Waals surface area contributed by atoms with Crippen molar-refractivity contribution in [1.29, 1.82) is 0 Å². The molecule has 0 heterocycles. The summed E-state index contributed by atoms with van der Waals surface area (Å²) in [7, 11) is 0. The van der Waals surface area contributed by atoms with Gasteiger partial charge < -0.3 is 5.11 Å². The standard InChI is InChI=1S/C9H6ClNO4/c10-7-3-1-6(2-4-9(12)13)5-8(7)11(14)15/h1-5H,(H,12,13)/b4-2+. The molecule has 0 saturated carbocycles. The average Bonchev–Trinajstić information content (AvgIpc) is 2.16. The van der Waals surface area contributed by atoms with Gasteiger partial charge >= 0.3 is 5.97 Å². The molecule has 0 amide bonds. The second-order valence-corrected chi connectivity index (χ2v) is 3.05. The van der Waals surface area contributed by atoms with Gasteiger partial charge in [0.15, 0.2) is 0 Å². The molecule has 0 radical (unpaired) electrons. The second-order valence-electron chi connectivity index (χ2n) is 2.64. The van der Waals surface area contributed by atoms with Crippen LogP contribution in [0.5, 0.6) is 0 Å². The highest BCUT2D eigenvalue weighted by Gasteiger charge is 2.11.